The summed E-state index contributed by atoms with van der Waals surface area (Å²) in [7, 11) is 0. The summed E-state index contributed by atoms with van der Waals surface area (Å²) in [5.41, 5.74) is -0.718. The van der Waals surface area contributed by atoms with Crippen LogP contribution in [0.25, 0.3) is 0 Å². The molecule has 0 amide bonds. The third-order valence-electron chi connectivity index (χ3n) is 1.53. The van der Waals surface area contributed by atoms with Gasteiger partial charge in [0.25, 0.3) is 0 Å². The minimum absolute atomic E-state index is 0.0686. The molecule has 0 N–H and O–H groups in total. The van der Waals surface area contributed by atoms with Crippen molar-refractivity contribution in [2.24, 2.45) is 0 Å². The third kappa shape index (κ3) is 3.89. The Bertz CT molecular complexity index is 419. The number of hydrogen-bond acceptors (Lipinski definition) is 4. The minimum Gasteiger partial charge on any atom is -0.462 e. The summed E-state index contributed by atoms with van der Waals surface area (Å²) in [6.07, 6.45) is -4.52. The second-order valence-electron chi connectivity index (χ2n) is 2.77. The van der Waals surface area contributed by atoms with Gasteiger partial charge in [0.05, 0.1) is 12.8 Å². The quantitative estimate of drug-likeness (QED) is 0.612. The summed E-state index contributed by atoms with van der Waals surface area (Å²) in [5.74, 6) is -3.15. The zero-order valence-corrected chi connectivity index (χ0v) is 8.55. The molecule has 0 unspecified atom stereocenters. The number of pyridine rings is 1. The summed E-state index contributed by atoms with van der Waals surface area (Å²) in [4.78, 5) is 14.3. The van der Waals surface area contributed by atoms with E-state index in [0.29, 0.717) is 12.3 Å². The highest BCUT2D eigenvalue weighted by Gasteiger charge is 2.34. The molecule has 8 heteroatoms. The van der Waals surface area contributed by atoms with Crippen LogP contribution in [0.15, 0.2) is 12.3 Å². The van der Waals surface area contributed by atoms with Crippen LogP contribution < -0.4 is 4.74 Å². The summed E-state index contributed by atoms with van der Waals surface area (Å²) < 4.78 is 56.6. The molecule has 0 bridgehead atoms. The van der Waals surface area contributed by atoms with Crippen molar-refractivity contribution in [3.63, 3.8) is 0 Å². The van der Waals surface area contributed by atoms with E-state index in [1.165, 1.54) is 6.92 Å². The third-order valence-corrected chi connectivity index (χ3v) is 1.53. The van der Waals surface area contributed by atoms with Gasteiger partial charge in [-0.1, -0.05) is 0 Å². The average molecular weight is 253 g/mol. The maximum atomic E-state index is 12.8. The van der Waals surface area contributed by atoms with E-state index in [0.717, 1.165) is 0 Å². The second kappa shape index (κ2) is 4.98. The maximum absolute atomic E-state index is 12.8. The first-order valence-corrected chi connectivity index (χ1v) is 4.42. The number of hydrogen-bond donors (Lipinski definition) is 0. The predicted molar refractivity (Wildman–Crippen MR) is 46.8 cm³/mol. The van der Waals surface area contributed by atoms with Crippen molar-refractivity contribution in [1.29, 1.82) is 0 Å². The summed E-state index contributed by atoms with van der Waals surface area (Å²) in [5, 5.41) is 0. The number of rotatable bonds is 3. The van der Waals surface area contributed by atoms with Crippen molar-refractivity contribution in [2.45, 2.75) is 13.3 Å². The van der Waals surface area contributed by atoms with E-state index in [1.54, 1.807) is 0 Å². The molecule has 4 nitrogen and oxygen atoms in total. The van der Waals surface area contributed by atoms with E-state index in [2.05, 4.69) is 14.5 Å². The van der Waals surface area contributed by atoms with E-state index in [4.69, 9.17) is 0 Å². The maximum Gasteiger partial charge on any atom is 0.574 e. The Morgan fingerprint density at radius 3 is 2.65 bits per heavy atom. The van der Waals surface area contributed by atoms with Crippen molar-refractivity contribution >= 4 is 5.97 Å². The Hall–Kier alpha value is -1.86. The molecule has 0 atom stereocenters. The molecule has 1 rings (SSSR count). The molecule has 94 valence electrons. The molecule has 0 aliphatic heterocycles. The molecule has 0 aliphatic rings. The van der Waals surface area contributed by atoms with Gasteiger partial charge >= 0.3 is 12.3 Å². The fourth-order valence-corrected chi connectivity index (χ4v) is 0.973. The normalized spacial score (nSPS) is 11.1. The molecule has 0 saturated heterocycles. The van der Waals surface area contributed by atoms with Crippen LogP contribution in [-0.4, -0.2) is 23.9 Å². The highest BCUT2D eigenvalue weighted by Crippen LogP contribution is 2.25. The van der Waals surface area contributed by atoms with Crippen molar-refractivity contribution in [2.75, 3.05) is 6.61 Å². The number of ether oxygens (including phenoxy) is 2. The molecule has 0 radical (unpaired) electrons. The number of halogens is 4. The van der Waals surface area contributed by atoms with Crippen LogP contribution in [0.3, 0.4) is 0 Å². The fraction of sp³-hybridized carbons (Fsp3) is 0.333. The van der Waals surface area contributed by atoms with Gasteiger partial charge < -0.3 is 9.47 Å². The Balaban J connectivity index is 3.08. The van der Waals surface area contributed by atoms with Gasteiger partial charge in [0, 0.05) is 0 Å². The number of carbonyl (C=O) groups excluding carboxylic acids is 1. The molecule has 1 aromatic rings. The summed E-state index contributed by atoms with van der Waals surface area (Å²) in [6, 6.07) is 0.562. The van der Waals surface area contributed by atoms with Crippen LogP contribution in [0.2, 0.25) is 0 Å². The van der Waals surface area contributed by atoms with Crippen LogP contribution in [-0.2, 0) is 4.74 Å². The van der Waals surface area contributed by atoms with Crippen LogP contribution >= 0.6 is 0 Å². The Labute approximate surface area is 93.2 Å². The highest BCUT2D eigenvalue weighted by molar-refractivity contribution is 5.91. The van der Waals surface area contributed by atoms with Crippen molar-refractivity contribution in [1.82, 2.24) is 4.98 Å². The molecular weight excluding hydrogens is 246 g/mol. The first kappa shape index (κ1) is 13.2. The van der Waals surface area contributed by atoms with E-state index < -0.39 is 29.6 Å². The van der Waals surface area contributed by atoms with Gasteiger partial charge in [-0.15, -0.1) is 13.2 Å². The van der Waals surface area contributed by atoms with Gasteiger partial charge in [0.2, 0.25) is 5.88 Å². The van der Waals surface area contributed by atoms with E-state index in [1.807, 2.05) is 0 Å². The summed E-state index contributed by atoms with van der Waals surface area (Å²) >= 11 is 0. The zero-order valence-electron chi connectivity index (χ0n) is 8.55. The summed E-state index contributed by atoms with van der Waals surface area (Å²) in [6.45, 7) is 1.38. The van der Waals surface area contributed by atoms with Crippen LogP contribution in [0, 0.1) is 5.82 Å². The number of esters is 1. The van der Waals surface area contributed by atoms with Gasteiger partial charge in [0.15, 0.2) is 0 Å². The molecule has 0 spiro atoms. The number of carbonyl (C=O) groups is 1. The number of aromatic nitrogens is 1. The molecule has 1 heterocycles. The standard InChI is InChI=1S/C9H7F4NO3/c1-2-16-8(15)6-3-5(10)4-14-7(6)17-9(11,12)13/h3-4H,2H2,1H3. The van der Waals surface area contributed by atoms with Crippen LogP contribution in [0.4, 0.5) is 17.6 Å². The van der Waals surface area contributed by atoms with Gasteiger partial charge in [-0.2, -0.15) is 0 Å². The Kier molecular flexibility index (Phi) is 3.87. The first-order chi connectivity index (χ1) is 7.83. The minimum atomic E-state index is -5.02. The topological polar surface area (TPSA) is 48.4 Å². The highest BCUT2D eigenvalue weighted by atomic mass is 19.4. The molecular formula is C9H7F4NO3. The van der Waals surface area contributed by atoms with Crippen LogP contribution in [0.5, 0.6) is 5.88 Å². The van der Waals surface area contributed by atoms with E-state index in [-0.39, 0.29) is 6.61 Å². The van der Waals surface area contributed by atoms with Crippen molar-refractivity contribution < 1.29 is 31.8 Å². The lowest BCUT2D eigenvalue weighted by Crippen LogP contribution is -2.20. The van der Waals surface area contributed by atoms with Gasteiger partial charge in [-0.25, -0.2) is 14.2 Å². The van der Waals surface area contributed by atoms with E-state index in [9.17, 15) is 22.4 Å². The SMILES string of the molecule is CCOC(=O)c1cc(F)cnc1OC(F)(F)F. The van der Waals surface area contributed by atoms with Gasteiger partial charge in [0.1, 0.15) is 11.4 Å². The second-order valence-corrected chi connectivity index (χ2v) is 2.77. The molecule has 0 fully saturated rings. The molecule has 0 saturated carbocycles. The lowest BCUT2D eigenvalue weighted by atomic mass is 10.2. The Morgan fingerprint density at radius 2 is 2.12 bits per heavy atom. The molecule has 17 heavy (non-hydrogen) atoms. The zero-order chi connectivity index (χ0) is 13.1. The molecule has 0 aromatic carbocycles. The van der Waals surface area contributed by atoms with Crippen molar-refractivity contribution in [3.8, 4) is 5.88 Å². The molecule has 1 aromatic heterocycles. The van der Waals surface area contributed by atoms with E-state index >= 15 is 0 Å². The lowest BCUT2D eigenvalue weighted by Gasteiger charge is -2.11. The monoisotopic (exact) mass is 253 g/mol. The average Bonchev–Trinajstić information content (AvgIpc) is 2.19. The number of nitrogens with zero attached hydrogens (tertiary/aromatic N) is 1. The van der Waals surface area contributed by atoms with Gasteiger partial charge in [-0.05, 0) is 13.0 Å². The predicted octanol–water partition coefficient (Wildman–Crippen LogP) is 2.30. The fourth-order valence-electron chi connectivity index (χ4n) is 0.973. The van der Waals surface area contributed by atoms with Gasteiger partial charge in [-0.3, -0.25) is 0 Å². The smallest absolute Gasteiger partial charge is 0.462 e. The van der Waals surface area contributed by atoms with Crippen molar-refractivity contribution in [3.05, 3.63) is 23.6 Å². The Morgan fingerprint density at radius 1 is 1.47 bits per heavy atom. The lowest BCUT2D eigenvalue weighted by molar-refractivity contribution is -0.276. The largest absolute Gasteiger partial charge is 0.574 e. The van der Waals surface area contributed by atoms with Crippen LogP contribution in [0.1, 0.15) is 17.3 Å². The number of alkyl halides is 3. The first-order valence-electron chi connectivity index (χ1n) is 4.42. The molecule has 0 aliphatic carbocycles.